The van der Waals surface area contributed by atoms with Gasteiger partial charge in [0, 0.05) is 29.1 Å². The lowest BCUT2D eigenvalue weighted by Gasteiger charge is -2.14. The SMILES string of the molecule is COc1cc(-n2nc(C)cc2Nc2cc(NC(=O)c3cccc(C)c3)ccc2C)ncn1. The zero-order valence-electron chi connectivity index (χ0n) is 18.4. The predicted molar refractivity (Wildman–Crippen MR) is 124 cm³/mol. The van der Waals surface area contributed by atoms with Crippen molar-refractivity contribution in [2.75, 3.05) is 17.7 Å². The second-order valence-corrected chi connectivity index (χ2v) is 7.48. The Morgan fingerprint density at radius 3 is 2.62 bits per heavy atom. The van der Waals surface area contributed by atoms with Gasteiger partial charge in [-0.1, -0.05) is 23.8 Å². The second kappa shape index (κ2) is 8.89. The lowest BCUT2D eigenvalue weighted by molar-refractivity contribution is 0.102. The van der Waals surface area contributed by atoms with Crippen LogP contribution >= 0.6 is 0 Å². The summed E-state index contributed by atoms with van der Waals surface area (Å²) in [6, 6.07) is 16.9. The van der Waals surface area contributed by atoms with Gasteiger partial charge in [0.05, 0.1) is 12.8 Å². The van der Waals surface area contributed by atoms with Crippen LogP contribution in [0.2, 0.25) is 0 Å². The number of benzene rings is 2. The van der Waals surface area contributed by atoms with Gasteiger partial charge in [0.2, 0.25) is 5.88 Å². The molecule has 1 amide bonds. The number of ether oxygens (including phenoxy) is 1. The highest BCUT2D eigenvalue weighted by Gasteiger charge is 2.13. The number of amides is 1. The molecule has 4 aromatic rings. The van der Waals surface area contributed by atoms with Gasteiger partial charge in [-0.2, -0.15) is 9.78 Å². The standard InChI is InChI=1S/C24H24N6O2/c1-15-6-5-7-18(10-15)24(31)27-19-9-8-16(2)20(12-19)28-22-11-17(3)29-30(22)21-13-23(32-4)26-14-25-21/h5-14,28H,1-4H3,(H,27,31). The Hall–Kier alpha value is -4.20. The van der Waals surface area contributed by atoms with E-state index in [-0.39, 0.29) is 5.91 Å². The molecule has 0 saturated heterocycles. The first-order chi connectivity index (χ1) is 15.4. The number of hydrogen-bond acceptors (Lipinski definition) is 6. The van der Waals surface area contributed by atoms with E-state index >= 15 is 0 Å². The molecule has 0 bridgehead atoms. The molecule has 2 aromatic heterocycles. The molecule has 162 valence electrons. The Labute approximate surface area is 186 Å². The fraction of sp³-hybridized carbons (Fsp3) is 0.167. The quantitative estimate of drug-likeness (QED) is 0.466. The Morgan fingerprint density at radius 1 is 1.00 bits per heavy atom. The molecule has 2 heterocycles. The molecule has 4 rings (SSSR count). The fourth-order valence-electron chi connectivity index (χ4n) is 3.28. The predicted octanol–water partition coefficient (Wildman–Crippen LogP) is 4.59. The molecule has 2 aromatic carbocycles. The summed E-state index contributed by atoms with van der Waals surface area (Å²) in [6.07, 6.45) is 1.43. The first-order valence-electron chi connectivity index (χ1n) is 10.1. The summed E-state index contributed by atoms with van der Waals surface area (Å²) >= 11 is 0. The van der Waals surface area contributed by atoms with Crippen LogP contribution < -0.4 is 15.4 Å². The maximum Gasteiger partial charge on any atom is 0.255 e. The van der Waals surface area contributed by atoms with Crippen LogP contribution in [0.1, 0.15) is 27.2 Å². The zero-order valence-corrected chi connectivity index (χ0v) is 18.4. The number of carbonyl (C=O) groups excluding carboxylic acids is 1. The molecule has 0 fully saturated rings. The van der Waals surface area contributed by atoms with Crippen molar-refractivity contribution in [3.8, 4) is 11.7 Å². The molecule has 0 saturated carbocycles. The van der Waals surface area contributed by atoms with Crippen molar-refractivity contribution in [1.82, 2.24) is 19.7 Å². The molecule has 32 heavy (non-hydrogen) atoms. The van der Waals surface area contributed by atoms with Gasteiger partial charge in [0.1, 0.15) is 12.1 Å². The largest absolute Gasteiger partial charge is 0.481 e. The molecule has 8 heteroatoms. The molecule has 2 N–H and O–H groups in total. The number of aryl methyl sites for hydroxylation is 3. The van der Waals surface area contributed by atoms with Crippen LogP contribution in [0, 0.1) is 20.8 Å². The molecule has 0 unspecified atom stereocenters. The van der Waals surface area contributed by atoms with Crippen molar-refractivity contribution >= 4 is 23.1 Å². The molecule has 8 nitrogen and oxygen atoms in total. The van der Waals surface area contributed by atoms with Gasteiger partial charge in [0.25, 0.3) is 5.91 Å². The molecule has 0 aliphatic carbocycles. The van der Waals surface area contributed by atoms with E-state index in [9.17, 15) is 4.79 Å². The fourth-order valence-corrected chi connectivity index (χ4v) is 3.28. The zero-order chi connectivity index (χ0) is 22.7. The van der Waals surface area contributed by atoms with E-state index in [1.807, 2.05) is 63.2 Å². The first kappa shape index (κ1) is 21.0. The topological polar surface area (TPSA) is 94.0 Å². The van der Waals surface area contributed by atoms with Crippen molar-refractivity contribution in [2.45, 2.75) is 20.8 Å². The van der Waals surface area contributed by atoms with Gasteiger partial charge in [-0.3, -0.25) is 4.79 Å². The maximum absolute atomic E-state index is 12.7. The molecule has 0 aliphatic rings. The minimum Gasteiger partial charge on any atom is -0.481 e. The molecule has 0 spiro atoms. The van der Waals surface area contributed by atoms with Crippen LogP contribution in [0.25, 0.3) is 5.82 Å². The van der Waals surface area contributed by atoms with Crippen LogP contribution in [0.5, 0.6) is 5.88 Å². The summed E-state index contributed by atoms with van der Waals surface area (Å²) < 4.78 is 6.90. The highest BCUT2D eigenvalue weighted by Crippen LogP contribution is 2.27. The number of nitrogens with zero attached hydrogens (tertiary/aromatic N) is 4. The third-order valence-electron chi connectivity index (χ3n) is 4.92. The summed E-state index contributed by atoms with van der Waals surface area (Å²) in [5.41, 5.74) is 5.03. The number of rotatable bonds is 6. The minimum atomic E-state index is -0.155. The summed E-state index contributed by atoms with van der Waals surface area (Å²) in [4.78, 5) is 21.0. The number of methoxy groups -OCH3 is 1. The van der Waals surface area contributed by atoms with E-state index in [0.717, 1.165) is 28.3 Å². The van der Waals surface area contributed by atoms with Gasteiger partial charge in [-0.15, -0.1) is 0 Å². The average molecular weight is 428 g/mol. The normalized spacial score (nSPS) is 10.6. The Bertz CT molecular complexity index is 1280. The van der Waals surface area contributed by atoms with Crippen LogP contribution in [0.15, 0.2) is 60.9 Å². The third-order valence-corrected chi connectivity index (χ3v) is 4.92. The molecular weight excluding hydrogens is 404 g/mol. The number of hydrogen-bond donors (Lipinski definition) is 2. The minimum absolute atomic E-state index is 0.155. The third kappa shape index (κ3) is 4.59. The molecule has 0 aliphatic heterocycles. The Kier molecular flexibility index (Phi) is 5.85. The van der Waals surface area contributed by atoms with E-state index in [4.69, 9.17) is 4.74 Å². The highest BCUT2D eigenvalue weighted by molar-refractivity contribution is 6.04. The van der Waals surface area contributed by atoms with Crippen LogP contribution in [0.3, 0.4) is 0 Å². The van der Waals surface area contributed by atoms with E-state index in [1.54, 1.807) is 23.9 Å². The Balaban J connectivity index is 1.61. The monoisotopic (exact) mass is 428 g/mol. The second-order valence-electron chi connectivity index (χ2n) is 7.48. The summed E-state index contributed by atoms with van der Waals surface area (Å²) in [6.45, 7) is 5.87. The van der Waals surface area contributed by atoms with Gasteiger partial charge >= 0.3 is 0 Å². The summed E-state index contributed by atoms with van der Waals surface area (Å²) in [5, 5.41) is 10.9. The van der Waals surface area contributed by atoms with E-state index < -0.39 is 0 Å². The number of aromatic nitrogens is 4. The molecule has 0 radical (unpaired) electrons. The maximum atomic E-state index is 12.7. The number of carbonyl (C=O) groups is 1. The Morgan fingerprint density at radius 2 is 1.84 bits per heavy atom. The van der Waals surface area contributed by atoms with E-state index in [0.29, 0.717) is 22.9 Å². The summed E-state index contributed by atoms with van der Waals surface area (Å²) in [5.74, 6) is 1.60. The number of nitrogens with one attached hydrogen (secondary N) is 2. The first-order valence-corrected chi connectivity index (χ1v) is 10.1. The van der Waals surface area contributed by atoms with Crippen molar-refractivity contribution in [3.05, 3.63) is 83.3 Å². The number of anilines is 3. The van der Waals surface area contributed by atoms with Crippen LogP contribution in [-0.4, -0.2) is 32.8 Å². The van der Waals surface area contributed by atoms with Gasteiger partial charge in [-0.05, 0) is 50.6 Å². The van der Waals surface area contributed by atoms with Crippen molar-refractivity contribution in [3.63, 3.8) is 0 Å². The molecule has 0 atom stereocenters. The molecular formula is C24H24N6O2. The van der Waals surface area contributed by atoms with Gasteiger partial charge < -0.3 is 15.4 Å². The van der Waals surface area contributed by atoms with Crippen molar-refractivity contribution in [1.29, 1.82) is 0 Å². The lowest BCUT2D eigenvalue weighted by Crippen LogP contribution is -2.12. The van der Waals surface area contributed by atoms with Crippen LogP contribution in [-0.2, 0) is 0 Å². The highest BCUT2D eigenvalue weighted by atomic mass is 16.5. The lowest BCUT2D eigenvalue weighted by atomic mass is 10.1. The van der Waals surface area contributed by atoms with Crippen molar-refractivity contribution < 1.29 is 9.53 Å². The van der Waals surface area contributed by atoms with E-state index in [1.165, 1.54) is 6.33 Å². The van der Waals surface area contributed by atoms with Gasteiger partial charge in [0.15, 0.2) is 5.82 Å². The van der Waals surface area contributed by atoms with Crippen LogP contribution in [0.4, 0.5) is 17.2 Å². The average Bonchev–Trinajstić information content (AvgIpc) is 3.16. The smallest absolute Gasteiger partial charge is 0.255 e. The van der Waals surface area contributed by atoms with Gasteiger partial charge in [-0.25, -0.2) is 9.97 Å². The van der Waals surface area contributed by atoms with Crippen molar-refractivity contribution in [2.24, 2.45) is 0 Å². The summed E-state index contributed by atoms with van der Waals surface area (Å²) in [7, 11) is 1.56. The van der Waals surface area contributed by atoms with E-state index in [2.05, 4.69) is 25.7 Å².